The Morgan fingerprint density at radius 2 is 1.92 bits per heavy atom. The maximum absolute atomic E-state index is 11.9. The number of carbonyl (C=O) groups is 2. The number of carbonyl (C=O) groups excluding carboxylic acids is 2. The first-order valence-electron chi connectivity index (χ1n) is 7.41. The number of halogens is 2. The van der Waals surface area contributed by atoms with Gasteiger partial charge in [0, 0.05) is 12.1 Å². The molecule has 3 rings (SSSR count). The van der Waals surface area contributed by atoms with Gasteiger partial charge in [0.25, 0.3) is 5.91 Å². The monoisotopic (exact) mass is 420 g/mol. The molecule has 1 fully saturated rings. The Morgan fingerprint density at radius 3 is 2.52 bits per heavy atom. The highest BCUT2D eigenvalue weighted by atomic mass is 79.9. The summed E-state index contributed by atoms with van der Waals surface area (Å²) in [6.45, 7) is 0.412. The molecule has 0 radical (unpaired) electrons. The SMILES string of the molecule is CN1C(=O)N/C(=C/c2ccc(OCc3ccc(Cl)cc3)c(Br)c2)C1=O. The van der Waals surface area contributed by atoms with Crippen LogP contribution in [0.25, 0.3) is 6.08 Å². The third-order valence-electron chi connectivity index (χ3n) is 3.66. The number of imide groups is 1. The minimum absolute atomic E-state index is 0.245. The first-order valence-corrected chi connectivity index (χ1v) is 8.58. The van der Waals surface area contributed by atoms with E-state index in [0.29, 0.717) is 17.4 Å². The van der Waals surface area contributed by atoms with Crippen LogP contribution in [0, 0.1) is 0 Å². The van der Waals surface area contributed by atoms with Gasteiger partial charge in [0.15, 0.2) is 0 Å². The van der Waals surface area contributed by atoms with Gasteiger partial charge in [-0.2, -0.15) is 0 Å². The Morgan fingerprint density at radius 1 is 1.20 bits per heavy atom. The van der Waals surface area contributed by atoms with Gasteiger partial charge in [-0.15, -0.1) is 0 Å². The second-order valence-electron chi connectivity index (χ2n) is 5.46. The maximum atomic E-state index is 11.9. The Hall–Kier alpha value is -2.31. The van der Waals surface area contributed by atoms with Gasteiger partial charge in [0.2, 0.25) is 0 Å². The third-order valence-corrected chi connectivity index (χ3v) is 4.53. The first kappa shape index (κ1) is 17.5. The fourth-order valence-corrected chi connectivity index (χ4v) is 2.89. The largest absolute Gasteiger partial charge is 0.488 e. The van der Waals surface area contributed by atoms with Crippen molar-refractivity contribution in [3.63, 3.8) is 0 Å². The molecule has 0 spiro atoms. The van der Waals surface area contributed by atoms with Crippen LogP contribution in [0.5, 0.6) is 5.75 Å². The number of hydrogen-bond acceptors (Lipinski definition) is 3. The van der Waals surface area contributed by atoms with E-state index < -0.39 is 6.03 Å². The Labute approximate surface area is 158 Å². The summed E-state index contributed by atoms with van der Waals surface area (Å²) in [5, 5.41) is 3.21. The molecule has 7 heteroatoms. The fourth-order valence-electron chi connectivity index (χ4n) is 2.26. The van der Waals surface area contributed by atoms with E-state index in [1.54, 1.807) is 12.1 Å². The quantitative estimate of drug-likeness (QED) is 0.594. The van der Waals surface area contributed by atoms with Gasteiger partial charge >= 0.3 is 6.03 Å². The summed E-state index contributed by atoms with van der Waals surface area (Å²) in [6.07, 6.45) is 1.62. The van der Waals surface area contributed by atoms with E-state index in [2.05, 4.69) is 21.2 Å². The molecule has 1 aliphatic rings. The molecule has 1 heterocycles. The average molecular weight is 422 g/mol. The van der Waals surface area contributed by atoms with Crippen molar-refractivity contribution < 1.29 is 14.3 Å². The van der Waals surface area contributed by atoms with E-state index in [0.717, 1.165) is 20.5 Å². The van der Waals surface area contributed by atoms with Gasteiger partial charge in [-0.3, -0.25) is 9.69 Å². The number of rotatable bonds is 4. The second-order valence-corrected chi connectivity index (χ2v) is 6.75. The minimum atomic E-state index is -0.432. The molecular weight excluding hydrogens is 408 g/mol. The van der Waals surface area contributed by atoms with E-state index in [4.69, 9.17) is 16.3 Å². The summed E-state index contributed by atoms with van der Waals surface area (Å²) >= 11 is 9.33. The Bertz CT molecular complexity index is 865. The lowest BCUT2D eigenvalue weighted by Gasteiger charge is -2.09. The number of hydrogen-bond donors (Lipinski definition) is 1. The van der Waals surface area contributed by atoms with Crippen molar-refractivity contribution >= 4 is 45.5 Å². The highest BCUT2D eigenvalue weighted by Gasteiger charge is 2.29. The minimum Gasteiger partial charge on any atom is -0.488 e. The molecule has 1 saturated heterocycles. The number of ether oxygens (including phenoxy) is 1. The van der Waals surface area contributed by atoms with Gasteiger partial charge in [-0.1, -0.05) is 29.8 Å². The van der Waals surface area contributed by atoms with Gasteiger partial charge in [-0.25, -0.2) is 4.79 Å². The lowest BCUT2D eigenvalue weighted by molar-refractivity contribution is -0.121. The summed E-state index contributed by atoms with van der Waals surface area (Å²) < 4.78 is 6.54. The van der Waals surface area contributed by atoms with Crippen LogP contribution in [0.3, 0.4) is 0 Å². The predicted octanol–water partition coefficient (Wildman–Crippen LogP) is 4.20. The molecular formula is C18H14BrClN2O3. The number of likely N-dealkylation sites (N-methyl/N-ethyl adjacent to an activating group) is 1. The predicted molar refractivity (Wildman–Crippen MR) is 99.2 cm³/mol. The third kappa shape index (κ3) is 4.03. The molecule has 25 heavy (non-hydrogen) atoms. The second kappa shape index (κ2) is 7.29. The van der Waals surface area contributed by atoms with Gasteiger partial charge < -0.3 is 10.1 Å². The maximum Gasteiger partial charge on any atom is 0.328 e. The van der Waals surface area contributed by atoms with Crippen molar-refractivity contribution in [1.82, 2.24) is 10.2 Å². The van der Waals surface area contributed by atoms with Crippen LogP contribution >= 0.6 is 27.5 Å². The molecule has 5 nitrogen and oxygen atoms in total. The summed E-state index contributed by atoms with van der Waals surface area (Å²) in [7, 11) is 1.43. The first-order chi connectivity index (χ1) is 11.9. The summed E-state index contributed by atoms with van der Waals surface area (Å²) in [5.41, 5.74) is 2.02. The van der Waals surface area contributed by atoms with E-state index in [-0.39, 0.29) is 11.6 Å². The molecule has 3 amide bonds. The van der Waals surface area contributed by atoms with Crippen LogP contribution in [-0.2, 0) is 11.4 Å². The smallest absolute Gasteiger partial charge is 0.328 e. The van der Waals surface area contributed by atoms with E-state index >= 15 is 0 Å². The van der Waals surface area contributed by atoms with Crippen molar-refractivity contribution in [1.29, 1.82) is 0 Å². The Balaban J connectivity index is 1.72. The summed E-state index contributed by atoms with van der Waals surface area (Å²) in [5.74, 6) is 0.320. The van der Waals surface area contributed by atoms with Crippen molar-refractivity contribution in [3.05, 3.63) is 68.8 Å². The molecule has 128 valence electrons. The lowest BCUT2D eigenvalue weighted by Crippen LogP contribution is -2.25. The molecule has 0 aromatic heterocycles. The number of nitrogens with one attached hydrogen (secondary N) is 1. The van der Waals surface area contributed by atoms with Crippen LogP contribution in [0.4, 0.5) is 4.79 Å². The molecule has 0 aliphatic carbocycles. The van der Waals surface area contributed by atoms with E-state index in [9.17, 15) is 9.59 Å². The topological polar surface area (TPSA) is 58.6 Å². The van der Waals surface area contributed by atoms with Crippen LogP contribution in [0.2, 0.25) is 5.02 Å². The molecule has 0 atom stereocenters. The van der Waals surface area contributed by atoms with Gasteiger partial charge in [-0.05, 0) is 57.4 Å². The highest BCUT2D eigenvalue weighted by molar-refractivity contribution is 9.10. The zero-order valence-electron chi connectivity index (χ0n) is 13.3. The number of benzene rings is 2. The van der Waals surface area contributed by atoms with Crippen molar-refractivity contribution in [2.75, 3.05) is 7.05 Å². The molecule has 0 bridgehead atoms. The summed E-state index contributed by atoms with van der Waals surface area (Å²) in [4.78, 5) is 24.4. The normalized spacial score (nSPS) is 15.6. The van der Waals surface area contributed by atoms with E-state index in [1.807, 2.05) is 36.4 Å². The fraction of sp³-hybridized carbons (Fsp3) is 0.111. The van der Waals surface area contributed by atoms with Gasteiger partial charge in [0.1, 0.15) is 18.1 Å². The zero-order valence-corrected chi connectivity index (χ0v) is 15.6. The average Bonchev–Trinajstić information content (AvgIpc) is 2.83. The van der Waals surface area contributed by atoms with Crippen molar-refractivity contribution in [2.24, 2.45) is 0 Å². The van der Waals surface area contributed by atoms with Crippen LogP contribution < -0.4 is 10.1 Å². The molecule has 0 unspecified atom stereocenters. The molecule has 1 N–H and O–H groups in total. The zero-order chi connectivity index (χ0) is 18.0. The Kier molecular flexibility index (Phi) is 5.11. The van der Waals surface area contributed by atoms with Crippen LogP contribution in [0.1, 0.15) is 11.1 Å². The number of nitrogens with zero attached hydrogens (tertiary/aromatic N) is 1. The lowest BCUT2D eigenvalue weighted by atomic mass is 10.2. The number of urea groups is 1. The molecule has 2 aromatic carbocycles. The van der Waals surface area contributed by atoms with Crippen LogP contribution in [0.15, 0.2) is 52.6 Å². The summed E-state index contributed by atoms with van der Waals surface area (Å²) in [6, 6.07) is 12.4. The van der Waals surface area contributed by atoms with E-state index in [1.165, 1.54) is 7.05 Å². The van der Waals surface area contributed by atoms with Crippen molar-refractivity contribution in [3.8, 4) is 5.75 Å². The van der Waals surface area contributed by atoms with Crippen molar-refractivity contribution in [2.45, 2.75) is 6.61 Å². The molecule has 1 aliphatic heterocycles. The highest BCUT2D eigenvalue weighted by Crippen LogP contribution is 2.28. The molecule has 2 aromatic rings. The number of amides is 3. The molecule has 0 saturated carbocycles. The van der Waals surface area contributed by atoms with Gasteiger partial charge in [0.05, 0.1) is 4.47 Å². The standard InChI is InChI=1S/C18H14BrClN2O3/c1-22-17(23)15(21-18(22)24)9-12-4-7-16(14(19)8-12)25-10-11-2-5-13(20)6-3-11/h2-9H,10H2,1H3,(H,21,24)/b15-9+. The van der Waals surface area contributed by atoms with Crippen LogP contribution in [-0.4, -0.2) is 23.9 Å².